The molecule has 0 unspecified atom stereocenters. The molecular weight excluding hydrogens is 180 g/mol. The normalized spacial score (nSPS) is 9.56. The van der Waals surface area contributed by atoms with Gasteiger partial charge in [-0.1, -0.05) is 13.2 Å². The van der Waals surface area contributed by atoms with Crippen molar-refractivity contribution in [3.05, 3.63) is 24.0 Å². The zero-order valence-corrected chi connectivity index (χ0v) is 6.93. The van der Waals surface area contributed by atoms with Gasteiger partial charge in [-0.05, 0) is 22.1 Å². The van der Waals surface area contributed by atoms with Crippen molar-refractivity contribution >= 4 is 22.3 Å². The van der Waals surface area contributed by atoms with Gasteiger partial charge < -0.3 is 4.90 Å². The summed E-state index contributed by atoms with van der Waals surface area (Å²) in [6.07, 6.45) is 3.27. The molecule has 0 aromatic heterocycles. The van der Waals surface area contributed by atoms with Gasteiger partial charge in [0.05, 0.1) is 6.34 Å². The number of halogens is 1. The largest absolute Gasteiger partial charge is 0.343 e. The first-order chi connectivity index (χ1) is 4.16. The van der Waals surface area contributed by atoms with Crippen LogP contribution in [-0.4, -0.2) is 18.3 Å². The lowest BCUT2D eigenvalue weighted by molar-refractivity contribution is 0.713. The molecule has 3 heteroatoms. The summed E-state index contributed by atoms with van der Waals surface area (Å²) >= 11 is 3.08. The highest BCUT2D eigenvalue weighted by Gasteiger charge is 1.79. The Labute approximate surface area is 63.7 Å². The lowest BCUT2D eigenvalue weighted by Gasteiger charge is -2.02. The van der Waals surface area contributed by atoms with Gasteiger partial charge in [0.25, 0.3) is 0 Å². The molecule has 2 nitrogen and oxygen atoms in total. The lowest BCUT2D eigenvalue weighted by Crippen LogP contribution is -2.05. The van der Waals surface area contributed by atoms with Gasteiger partial charge in [-0.2, -0.15) is 0 Å². The molecule has 0 spiro atoms. The predicted molar refractivity (Wildman–Crippen MR) is 44.5 cm³/mol. The minimum Gasteiger partial charge on any atom is -0.343 e. The molecule has 0 aliphatic carbocycles. The number of aliphatic imine (C=N–C) groups is 1. The van der Waals surface area contributed by atoms with Crippen LogP contribution in [0.15, 0.2) is 29.0 Å². The predicted octanol–water partition coefficient (Wildman–Crippen LogP) is 1.96. The first kappa shape index (κ1) is 8.43. The van der Waals surface area contributed by atoms with Crippen LogP contribution in [0.2, 0.25) is 0 Å². The SMILES string of the molecule is C=CN(C)/C=N\C(=C)Br. The standard InChI is InChI=1S/C6H9BrN2/c1-4-9(3)5-8-6(2)7/h4-5H,1-2H2,3H3/b8-5-. The van der Waals surface area contributed by atoms with E-state index in [1.165, 1.54) is 0 Å². The summed E-state index contributed by atoms with van der Waals surface area (Å²) in [4.78, 5) is 5.58. The molecule has 0 saturated carbocycles. The molecule has 0 rings (SSSR count). The highest BCUT2D eigenvalue weighted by atomic mass is 79.9. The van der Waals surface area contributed by atoms with Crippen LogP contribution in [-0.2, 0) is 0 Å². The summed E-state index contributed by atoms with van der Waals surface area (Å²) in [7, 11) is 1.84. The third-order valence-corrected chi connectivity index (χ3v) is 0.873. The first-order valence-corrected chi connectivity index (χ1v) is 3.19. The van der Waals surface area contributed by atoms with E-state index in [0.29, 0.717) is 4.61 Å². The van der Waals surface area contributed by atoms with Crippen LogP contribution in [0.5, 0.6) is 0 Å². The Kier molecular flexibility index (Phi) is 4.05. The Hall–Kier alpha value is -0.570. The molecule has 0 N–H and O–H groups in total. The van der Waals surface area contributed by atoms with Gasteiger partial charge in [-0.15, -0.1) is 0 Å². The molecule has 0 bridgehead atoms. The van der Waals surface area contributed by atoms with Gasteiger partial charge in [-0.25, -0.2) is 4.99 Å². The van der Waals surface area contributed by atoms with Crippen molar-refractivity contribution in [1.82, 2.24) is 4.90 Å². The molecular formula is C6H9BrN2. The second-order valence-corrected chi connectivity index (χ2v) is 2.38. The van der Waals surface area contributed by atoms with Crippen LogP contribution >= 0.6 is 15.9 Å². The van der Waals surface area contributed by atoms with E-state index in [-0.39, 0.29) is 0 Å². The van der Waals surface area contributed by atoms with Crippen molar-refractivity contribution in [3.8, 4) is 0 Å². The molecule has 0 aliphatic rings. The van der Waals surface area contributed by atoms with Gasteiger partial charge in [0, 0.05) is 7.05 Å². The van der Waals surface area contributed by atoms with Crippen molar-refractivity contribution in [1.29, 1.82) is 0 Å². The van der Waals surface area contributed by atoms with Gasteiger partial charge in [-0.3, -0.25) is 0 Å². The summed E-state index contributed by atoms with van der Waals surface area (Å²) in [6.45, 7) is 7.05. The summed E-state index contributed by atoms with van der Waals surface area (Å²) in [5.41, 5.74) is 0. The quantitative estimate of drug-likeness (QED) is 0.376. The highest BCUT2D eigenvalue weighted by molar-refractivity contribution is 9.11. The first-order valence-electron chi connectivity index (χ1n) is 2.40. The Morgan fingerprint density at radius 2 is 2.33 bits per heavy atom. The Morgan fingerprint density at radius 3 is 2.67 bits per heavy atom. The van der Waals surface area contributed by atoms with E-state index in [1.807, 2.05) is 7.05 Å². The second kappa shape index (κ2) is 4.32. The maximum Gasteiger partial charge on any atom is 0.100 e. The fraction of sp³-hybridized carbons (Fsp3) is 0.167. The average molecular weight is 189 g/mol. The maximum absolute atomic E-state index is 3.85. The summed E-state index contributed by atoms with van der Waals surface area (Å²) < 4.78 is 0.608. The van der Waals surface area contributed by atoms with E-state index in [2.05, 4.69) is 34.1 Å². The third-order valence-electron chi connectivity index (χ3n) is 0.668. The molecule has 0 aromatic rings. The van der Waals surface area contributed by atoms with E-state index in [0.717, 1.165) is 0 Å². The number of rotatable bonds is 3. The number of nitrogens with zero attached hydrogens (tertiary/aromatic N) is 2. The molecule has 0 atom stereocenters. The van der Waals surface area contributed by atoms with Crippen molar-refractivity contribution < 1.29 is 0 Å². The summed E-state index contributed by atoms with van der Waals surface area (Å²) in [5.74, 6) is 0. The molecule has 0 aliphatic heterocycles. The molecule has 0 radical (unpaired) electrons. The van der Waals surface area contributed by atoms with Gasteiger partial charge in [0.1, 0.15) is 4.61 Å². The Bertz CT molecular complexity index is 140. The van der Waals surface area contributed by atoms with Crippen molar-refractivity contribution in [2.45, 2.75) is 0 Å². The monoisotopic (exact) mass is 188 g/mol. The summed E-state index contributed by atoms with van der Waals surface area (Å²) in [5, 5.41) is 0. The van der Waals surface area contributed by atoms with Gasteiger partial charge >= 0.3 is 0 Å². The Morgan fingerprint density at radius 1 is 1.78 bits per heavy atom. The molecule has 0 saturated heterocycles. The van der Waals surface area contributed by atoms with E-state index < -0.39 is 0 Å². The zero-order valence-electron chi connectivity index (χ0n) is 5.34. The molecule has 0 aromatic carbocycles. The maximum atomic E-state index is 3.85. The number of hydrogen-bond acceptors (Lipinski definition) is 1. The fourth-order valence-electron chi connectivity index (χ4n) is 0.201. The molecule has 9 heavy (non-hydrogen) atoms. The van der Waals surface area contributed by atoms with Crippen LogP contribution in [0, 0.1) is 0 Å². The fourth-order valence-corrected chi connectivity index (χ4v) is 0.292. The smallest absolute Gasteiger partial charge is 0.100 e. The van der Waals surface area contributed by atoms with Gasteiger partial charge in [0.15, 0.2) is 0 Å². The highest BCUT2D eigenvalue weighted by Crippen LogP contribution is 1.99. The molecule has 50 valence electrons. The molecule has 0 amide bonds. The van der Waals surface area contributed by atoms with Crippen LogP contribution < -0.4 is 0 Å². The lowest BCUT2D eigenvalue weighted by atomic mass is 10.8. The minimum atomic E-state index is 0.608. The van der Waals surface area contributed by atoms with Crippen molar-refractivity contribution in [2.75, 3.05) is 7.05 Å². The van der Waals surface area contributed by atoms with E-state index >= 15 is 0 Å². The van der Waals surface area contributed by atoms with E-state index in [1.54, 1.807) is 17.4 Å². The van der Waals surface area contributed by atoms with Crippen LogP contribution in [0.1, 0.15) is 0 Å². The van der Waals surface area contributed by atoms with E-state index in [4.69, 9.17) is 0 Å². The van der Waals surface area contributed by atoms with Crippen LogP contribution in [0.3, 0.4) is 0 Å². The van der Waals surface area contributed by atoms with Gasteiger partial charge in [0.2, 0.25) is 0 Å². The van der Waals surface area contributed by atoms with E-state index in [9.17, 15) is 0 Å². The van der Waals surface area contributed by atoms with Crippen LogP contribution in [0.25, 0.3) is 0 Å². The summed E-state index contributed by atoms with van der Waals surface area (Å²) in [6, 6.07) is 0. The Balaban J connectivity index is 3.69. The molecule has 0 fully saturated rings. The van der Waals surface area contributed by atoms with Crippen molar-refractivity contribution in [3.63, 3.8) is 0 Å². The molecule has 0 heterocycles. The average Bonchev–Trinajstić information content (AvgIpc) is 1.83. The zero-order chi connectivity index (χ0) is 7.28. The topological polar surface area (TPSA) is 15.6 Å². The number of hydrogen-bond donors (Lipinski definition) is 0. The third kappa shape index (κ3) is 5.30. The minimum absolute atomic E-state index is 0.608. The van der Waals surface area contributed by atoms with Crippen LogP contribution in [0.4, 0.5) is 0 Å². The van der Waals surface area contributed by atoms with Crippen molar-refractivity contribution in [2.24, 2.45) is 4.99 Å². The second-order valence-electron chi connectivity index (χ2n) is 1.47.